The lowest BCUT2D eigenvalue weighted by molar-refractivity contribution is 0.0388. The number of nitrogens with one attached hydrogen (secondary N) is 1. The van der Waals surface area contributed by atoms with Crippen molar-refractivity contribution in [3.05, 3.63) is 16.1 Å². The van der Waals surface area contributed by atoms with E-state index in [1.807, 2.05) is 12.4 Å². The van der Waals surface area contributed by atoms with E-state index in [1.54, 1.807) is 17.6 Å². The van der Waals surface area contributed by atoms with Crippen LogP contribution in [0.15, 0.2) is 5.51 Å². The summed E-state index contributed by atoms with van der Waals surface area (Å²) in [7, 11) is -0.787. The summed E-state index contributed by atoms with van der Waals surface area (Å²) < 4.78 is 16.2. The molecule has 0 amide bonds. The molecule has 0 saturated carbocycles. The maximum atomic E-state index is 10.8. The predicted octanol–water partition coefficient (Wildman–Crippen LogP) is 0.340. The SMILES string of the molecule is Cc1ncsc1CCOCC(O)CNCCS(C)=O. The molecule has 19 heavy (non-hydrogen) atoms. The number of aryl methyl sites for hydroxylation is 1. The minimum absolute atomic E-state index is 0.320. The lowest BCUT2D eigenvalue weighted by Crippen LogP contribution is -2.32. The molecule has 0 aromatic carbocycles. The molecule has 0 radical (unpaired) electrons. The van der Waals surface area contributed by atoms with Gasteiger partial charge in [0, 0.05) is 47.2 Å². The standard InChI is InChI=1S/C12H22N2O3S2/c1-10-12(18-9-14-10)3-5-17-8-11(15)7-13-4-6-19(2)16/h9,11,13,15H,3-8H2,1-2H3. The quantitative estimate of drug-likeness (QED) is 0.610. The van der Waals surface area contributed by atoms with Crippen LogP contribution in [0.3, 0.4) is 0 Å². The van der Waals surface area contributed by atoms with E-state index >= 15 is 0 Å². The van der Waals surface area contributed by atoms with E-state index in [0.717, 1.165) is 12.1 Å². The van der Waals surface area contributed by atoms with Crippen LogP contribution in [0, 0.1) is 6.92 Å². The van der Waals surface area contributed by atoms with Crippen molar-refractivity contribution in [3.8, 4) is 0 Å². The summed E-state index contributed by atoms with van der Waals surface area (Å²) >= 11 is 1.63. The van der Waals surface area contributed by atoms with Gasteiger partial charge in [0.25, 0.3) is 0 Å². The van der Waals surface area contributed by atoms with E-state index in [4.69, 9.17) is 4.74 Å². The Balaban J connectivity index is 1.99. The second-order valence-corrected chi connectivity index (χ2v) is 6.82. The first-order valence-electron chi connectivity index (χ1n) is 6.25. The van der Waals surface area contributed by atoms with Crippen LogP contribution in [0.1, 0.15) is 10.6 Å². The van der Waals surface area contributed by atoms with Gasteiger partial charge in [-0.05, 0) is 6.92 Å². The number of ether oxygens (including phenoxy) is 1. The average molecular weight is 306 g/mol. The first-order chi connectivity index (χ1) is 9.09. The number of nitrogens with zero attached hydrogens (tertiary/aromatic N) is 1. The highest BCUT2D eigenvalue weighted by Gasteiger charge is 2.05. The molecule has 2 atom stereocenters. The molecule has 0 fully saturated rings. The van der Waals surface area contributed by atoms with Gasteiger partial charge in [-0.1, -0.05) is 0 Å². The van der Waals surface area contributed by atoms with Gasteiger partial charge in [-0.25, -0.2) is 4.98 Å². The van der Waals surface area contributed by atoms with Crippen molar-refractivity contribution in [1.29, 1.82) is 0 Å². The summed E-state index contributed by atoms with van der Waals surface area (Å²) in [6, 6.07) is 0. The zero-order valence-corrected chi connectivity index (χ0v) is 13.1. The van der Waals surface area contributed by atoms with Crippen molar-refractivity contribution in [1.82, 2.24) is 10.3 Å². The van der Waals surface area contributed by atoms with Crippen LogP contribution in [0.5, 0.6) is 0 Å². The summed E-state index contributed by atoms with van der Waals surface area (Å²) in [5.74, 6) is 0.609. The van der Waals surface area contributed by atoms with Crippen molar-refractivity contribution in [2.75, 3.05) is 38.3 Å². The van der Waals surface area contributed by atoms with E-state index in [-0.39, 0.29) is 0 Å². The van der Waals surface area contributed by atoms with E-state index in [1.165, 1.54) is 4.88 Å². The van der Waals surface area contributed by atoms with Crippen molar-refractivity contribution in [3.63, 3.8) is 0 Å². The minimum atomic E-state index is -0.787. The molecule has 110 valence electrons. The van der Waals surface area contributed by atoms with Gasteiger partial charge in [-0.3, -0.25) is 4.21 Å². The summed E-state index contributed by atoms with van der Waals surface area (Å²) in [4.78, 5) is 5.41. The van der Waals surface area contributed by atoms with Crippen molar-refractivity contribution >= 4 is 22.1 Å². The number of hydrogen-bond acceptors (Lipinski definition) is 6. The molecule has 0 saturated heterocycles. The fourth-order valence-electron chi connectivity index (χ4n) is 1.49. The largest absolute Gasteiger partial charge is 0.389 e. The second-order valence-electron chi connectivity index (χ2n) is 4.32. The van der Waals surface area contributed by atoms with Crippen LogP contribution in [0.4, 0.5) is 0 Å². The number of rotatable bonds is 10. The maximum absolute atomic E-state index is 10.8. The first-order valence-corrected chi connectivity index (χ1v) is 8.85. The van der Waals surface area contributed by atoms with Gasteiger partial charge in [0.2, 0.25) is 0 Å². The molecule has 0 aliphatic heterocycles. The highest BCUT2D eigenvalue weighted by Crippen LogP contribution is 2.12. The first kappa shape index (κ1) is 16.7. The molecule has 2 N–H and O–H groups in total. The maximum Gasteiger partial charge on any atom is 0.0897 e. The molecule has 0 spiro atoms. The molecular formula is C12H22N2O3S2. The topological polar surface area (TPSA) is 71.5 Å². The third-order valence-electron chi connectivity index (χ3n) is 2.57. The van der Waals surface area contributed by atoms with E-state index in [0.29, 0.717) is 32.1 Å². The van der Waals surface area contributed by atoms with E-state index in [2.05, 4.69) is 10.3 Å². The fourth-order valence-corrected chi connectivity index (χ4v) is 2.69. The van der Waals surface area contributed by atoms with Gasteiger partial charge in [-0.15, -0.1) is 11.3 Å². The Hall–Kier alpha value is -0.340. The Morgan fingerprint density at radius 3 is 3.05 bits per heavy atom. The van der Waals surface area contributed by atoms with Crippen molar-refractivity contribution < 1.29 is 14.1 Å². The number of aliphatic hydroxyl groups excluding tert-OH is 1. The van der Waals surface area contributed by atoms with Gasteiger partial charge >= 0.3 is 0 Å². The van der Waals surface area contributed by atoms with Gasteiger partial charge < -0.3 is 15.2 Å². The number of hydrogen-bond donors (Lipinski definition) is 2. The van der Waals surface area contributed by atoms with Crippen molar-refractivity contribution in [2.24, 2.45) is 0 Å². The van der Waals surface area contributed by atoms with Gasteiger partial charge in [0.15, 0.2) is 0 Å². The summed E-state index contributed by atoms with van der Waals surface area (Å²) in [5, 5.41) is 12.7. The molecule has 7 heteroatoms. The Labute approximate surface area is 120 Å². The van der Waals surface area contributed by atoms with Crippen LogP contribution in [-0.4, -0.2) is 58.7 Å². The monoisotopic (exact) mass is 306 g/mol. The van der Waals surface area contributed by atoms with Crippen LogP contribution < -0.4 is 5.32 Å². The lowest BCUT2D eigenvalue weighted by atomic mass is 10.3. The average Bonchev–Trinajstić information content (AvgIpc) is 2.76. The van der Waals surface area contributed by atoms with E-state index in [9.17, 15) is 9.32 Å². The highest BCUT2D eigenvalue weighted by molar-refractivity contribution is 7.84. The second kappa shape index (κ2) is 9.55. The Morgan fingerprint density at radius 2 is 2.42 bits per heavy atom. The Morgan fingerprint density at radius 1 is 1.63 bits per heavy atom. The van der Waals surface area contributed by atoms with Gasteiger partial charge in [-0.2, -0.15) is 0 Å². The predicted molar refractivity (Wildman–Crippen MR) is 79.2 cm³/mol. The fraction of sp³-hybridized carbons (Fsp3) is 0.750. The molecule has 1 rings (SSSR count). The highest BCUT2D eigenvalue weighted by atomic mass is 32.2. The smallest absolute Gasteiger partial charge is 0.0897 e. The normalized spacial score (nSPS) is 14.5. The summed E-state index contributed by atoms with van der Waals surface area (Å²) in [5.41, 5.74) is 2.89. The molecule has 0 bridgehead atoms. The van der Waals surface area contributed by atoms with Crippen molar-refractivity contribution in [2.45, 2.75) is 19.4 Å². The number of aromatic nitrogens is 1. The summed E-state index contributed by atoms with van der Waals surface area (Å²) in [6.07, 6.45) is 1.99. The minimum Gasteiger partial charge on any atom is -0.389 e. The third kappa shape index (κ3) is 7.74. The van der Waals surface area contributed by atoms with Gasteiger partial charge in [0.05, 0.1) is 30.5 Å². The number of thiazole rings is 1. The van der Waals surface area contributed by atoms with Gasteiger partial charge in [0.1, 0.15) is 0 Å². The van der Waals surface area contributed by atoms with Crippen LogP contribution in [0.25, 0.3) is 0 Å². The molecule has 2 unspecified atom stereocenters. The zero-order valence-electron chi connectivity index (χ0n) is 11.4. The van der Waals surface area contributed by atoms with E-state index < -0.39 is 16.9 Å². The molecule has 0 aliphatic rings. The molecule has 5 nitrogen and oxygen atoms in total. The Bertz CT molecular complexity index is 385. The van der Waals surface area contributed by atoms with Crippen LogP contribution in [0.2, 0.25) is 0 Å². The molecule has 1 aromatic heterocycles. The molecule has 1 aromatic rings. The molecule has 0 aliphatic carbocycles. The zero-order chi connectivity index (χ0) is 14.1. The summed E-state index contributed by atoms with van der Waals surface area (Å²) in [6.45, 7) is 4.03. The molecular weight excluding hydrogens is 284 g/mol. The van der Waals surface area contributed by atoms with Crippen LogP contribution >= 0.6 is 11.3 Å². The van der Waals surface area contributed by atoms with Crippen LogP contribution in [-0.2, 0) is 22.0 Å². The molecule has 1 heterocycles. The Kier molecular flexibility index (Phi) is 8.40. The number of aliphatic hydroxyl groups is 1. The third-order valence-corrected chi connectivity index (χ3v) is 4.35. The lowest BCUT2D eigenvalue weighted by Gasteiger charge is -2.12.